The summed E-state index contributed by atoms with van der Waals surface area (Å²) >= 11 is 5.91. The van der Waals surface area contributed by atoms with E-state index in [4.69, 9.17) is 11.6 Å². The fraction of sp³-hybridized carbons (Fsp3) is 0.130. The van der Waals surface area contributed by atoms with Crippen LogP contribution in [0.5, 0.6) is 0 Å². The van der Waals surface area contributed by atoms with E-state index in [0.717, 1.165) is 16.7 Å². The fourth-order valence-electron chi connectivity index (χ4n) is 3.41. The molecule has 0 saturated carbocycles. The summed E-state index contributed by atoms with van der Waals surface area (Å²) in [5.74, 6) is -0.428. The molecular formula is C23H18ClFN2O2. The molecule has 2 N–H and O–H groups in total. The van der Waals surface area contributed by atoms with Crippen LogP contribution in [0.15, 0.2) is 66.7 Å². The molecule has 4 nitrogen and oxygen atoms in total. The van der Waals surface area contributed by atoms with Gasteiger partial charge in [-0.05, 0) is 59.9 Å². The third kappa shape index (κ3) is 4.30. The van der Waals surface area contributed by atoms with Gasteiger partial charge in [0, 0.05) is 22.0 Å². The van der Waals surface area contributed by atoms with Crippen LogP contribution < -0.4 is 10.6 Å². The van der Waals surface area contributed by atoms with Crippen molar-refractivity contribution in [2.75, 3.05) is 10.6 Å². The van der Waals surface area contributed by atoms with Gasteiger partial charge in [0.05, 0.1) is 0 Å². The highest BCUT2D eigenvalue weighted by Crippen LogP contribution is 2.29. The molecule has 146 valence electrons. The number of anilines is 2. The Labute approximate surface area is 172 Å². The zero-order valence-corrected chi connectivity index (χ0v) is 16.2. The first kappa shape index (κ1) is 19.2. The number of aryl methyl sites for hydroxylation is 1. The second-order valence-corrected chi connectivity index (χ2v) is 7.35. The third-order valence-electron chi connectivity index (χ3n) is 4.88. The van der Waals surface area contributed by atoms with E-state index in [0.29, 0.717) is 28.4 Å². The quantitative estimate of drug-likeness (QED) is 0.548. The minimum absolute atomic E-state index is 0.236. The Morgan fingerprint density at radius 2 is 1.66 bits per heavy atom. The first-order valence-corrected chi connectivity index (χ1v) is 9.62. The van der Waals surface area contributed by atoms with Gasteiger partial charge in [-0.2, -0.15) is 0 Å². The van der Waals surface area contributed by atoms with E-state index in [1.165, 1.54) is 0 Å². The number of nitrogens with one attached hydrogen (secondary N) is 2. The Kier molecular flexibility index (Phi) is 5.32. The maximum absolute atomic E-state index is 13.6. The maximum atomic E-state index is 13.6. The Balaban J connectivity index is 1.45. The van der Waals surface area contributed by atoms with Crippen molar-refractivity contribution in [1.82, 2.24) is 0 Å². The van der Waals surface area contributed by atoms with E-state index >= 15 is 0 Å². The van der Waals surface area contributed by atoms with E-state index in [1.807, 2.05) is 24.3 Å². The molecule has 6 heteroatoms. The van der Waals surface area contributed by atoms with Crippen molar-refractivity contribution >= 4 is 34.8 Å². The molecule has 1 aliphatic carbocycles. The number of carbonyl (C=O) groups excluding carboxylic acids is 2. The van der Waals surface area contributed by atoms with Crippen LogP contribution in [0, 0.1) is 0 Å². The van der Waals surface area contributed by atoms with Crippen LogP contribution in [-0.2, 0) is 6.42 Å². The molecule has 3 aromatic rings. The van der Waals surface area contributed by atoms with Crippen LogP contribution in [0.3, 0.4) is 0 Å². The summed E-state index contributed by atoms with van der Waals surface area (Å²) in [6.07, 6.45) is -0.601. The van der Waals surface area contributed by atoms with Gasteiger partial charge in [-0.3, -0.25) is 4.79 Å². The highest BCUT2D eigenvalue weighted by atomic mass is 35.5. The summed E-state index contributed by atoms with van der Waals surface area (Å²) in [5, 5.41) is 6.03. The molecule has 1 unspecified atom stereocenters. The normalized spacial score (nSPS) is 15.5. The maximum Gasteiger partial charge on any atom is 0.323 e. The van der Waals surface area contributed by atoms with Gasteiger partial charge >= 0.3 is 6.03 Å². The van der Waals surface area contributed by atoms with Crippen molar-refractivity contribution in [2.24, 2.45) is 0 Å². The lowest BCUT2D eigenvalue weighted by molar-refractivity contribution is 0.0856. The number of ketones is 1. The molecule has 29 heavy (non-hydrogen) atoms. The predicted molar refractivity (Wildman–Crippen MR) is 114 cm³/mol. The Hall–Kier alpha value is -3.18. The molecule has 0 fully saturated rings. The number of halogens is 2. The number of benzene rings is 3. The second kappa shape index (κ2) is 8.05. The van der Waals surface area contributed by atoms with Gasteiger partial charge in [0.1, 0.15) is 0 Å². The Morgan fingerprint density at radius 1 is 0.931 bits per heavy atom. The van der Waals surface area contributed by atoms with Gasteiger partial charge in [-0.15, -0.1) is 0 Å². The second-order valence-electron chi connectivity index (χ2n) is 6.91. The standard InChI is InChI=1S/C23H18ClFN2O2/c24-17-2-1-3-19(13-17)27-23(29)26-18-8-4-14(5-9-18)15-6-10-20-16(12-15)7-11-21(25)22(20)28/h1-6,8-10,12-13,21H,7,11H2,(H2,26,27,29). The molecule has 4 rings (SSSR count). The molecular weight excluding hydrogens is 391 g/mol. The molecule has 0 aromatic heterocycles. The molecule has 0 bridgehead atoms. The van der Waals surface area contributed by atoms with E-state index < -0.39 is 12.0 Å². The number of carbonyl (C=O) groups is 2. The molecule has 0 heterocycles. The zero-order valence-electron chi connectivity index (χ0n) is 15.4. The van der Waals surface area contributed by atoms with Gasteiger partial charge in [0.2, 0.25) is 0 Å². The summed E-state index contributed by atoms with van der Waals surface area (Å²) in [7, 11) is 0. The topological polar surface area (TPSA) is 58.2 Å². The highest BCUT2D eigenvalue weighted by Gasteiger charge is 2.26. The average molecular weight is 409 g/mol. The SMILES string of the molecule is O=C(Nc1ccc(-c2ccc3c(c2)CCC(F)C3=O)cc1)Nc1cccc(Cl)c1. The monoisotopic (exact) mass is 408 g/mol. The first-order valence-electron chi connectivity index (χ1n) is 9.25. The van der Waals surface area contributed by atoms with Crippen molar-refractivity contribution in [3.05, 3.63) is 82.9 Å². The minimum atomic E-state index is -1.39. The number of urea groups is 1. The Morgan fingerprint density at radius 3 is 2.41 bits per heavy atom. The molecule has 1 aliphatic rings. The van der Waals surface area contributed by atoms with Crippen molar-refractivity contribution in [1.29, 1.82) is 0 Å². The number of alkyl halides is 1. The predicted octanol–water partition coefficient (Wildman–Crippen LogP) is 6.12. The van der Waals surface area contributed by atoms with E-state index in [9.17, 15) is 14.0 Å². The molecule has 2 amide bonds. The largest absolute Gasteiger partial charge is 0.323 e. The van der Waals surface area contributed by atoms with E-state index in [1.54, 1.807) is 42.5 Å². The number of rotatable bonds is 3. The number of Topliss-reactive ketones (excluding diaryl/α,β-unsaturated/α-hetero) is 1. The van der Waals surface area contributed by atoms with E-state index in [2.05, 4.69) is 10.6 Å². The molecule has 1 atom stereocenters. The number of hydrogen-bond acceptors (Lipinski definition) is 2. The van der Waals surface area contributed by atoms with Crippen LogP contribution in [0.2, 0.25) is 5.02 Å². The highest BCUT2D eigenvalue weighted by molar-refractivity contribution is 6.30. The Bertz CT molecular complexity index is 1080. The van der Waals surface area contributed by atoms with Crippen LogP contribution in [0.1, 0.15) is 22.3 Å². The van der Waals surface area contributed by atoms with Crippen molar-refractivity contribution < 1.29 is 14.0 Å². The van der Waals surface area contributed by atoms with Crippen LogP contribution >= 0.6 is 11.6 Å². The molecule has 0 spiro atoms. The first-order chi connectivity index (χ1) is 14.0. The number of hydrogen-bond donors (Lipinski definition) is 2. The lowest BCUT2D eigenvalue weighted by Crippen LogP contribution is -2.23. The third-order valence-corrected chi connectivity index (χ3v) is 5.12. The van der Waals surface area contributed by atoms with Crippen LogP contribution in [-0.4, -0.2) is 18.0 Å². The summed E-state index contributed by atoms with van der Waals surface area (Å²) in [4.78, 5) is 24.1. The van der Waals surface area contributed by atoms with Gasteiger partial charge in [-0.1, -0.05) is 48.0 Å². The van der Waals surface area contributed by atoms with Gasteiger partial charge in [-0.25, -0.2) is 9.18 Å². The summed E-state index contributed by atoms with van der Waals surface area (Å²) in [5.41, 5.74) is 4.49. The average Bonchev–Trinajstić information content (AvgIpc) is 2.71. The summed E-state index contributed by atoms with van der Waals surface area (Å²) in [6.45, 7) is 0. The number of amides is 2. The van der Waals surface area contributed by atoms with Crippen LogP contribution in [0.4, 0.5) is 20.6 Å². The minimum Gasteiger partial charge on any atom is -0.308 e. The number of fused-ring (bicyclic) bond motifs is 1. The molecule has 3 aromatic carbocycles. The van der Waals surface area contributed by atoms with Crippen molar-refractivity contribution in [2.45, 2.75) is 19.0 Å². The smallest absolute Gasteiger partial charge is 0.308 e. The van der Waals surface area contributed by atoms with Crippen molar-refractivity contribution in [3.63, 3.8) is 0 Å². The zero-order chi connectivity index (χ0) is 20.4. The molecule has 0 radical (unpaired) electrons. The molecule has 0 saturated heterocycles. The van der Waals surface area contributed by atoms with Gasteiger partial charge in [0.25, 0.3) is 0 Å². The van der Waals surface area contributed by atoms with Crippen molar-refractivity contribution in [3.8, 4) is 11.1 Å². The lowest BCUT2D eigenvalue weighted by Gasteiger charge is -2.18. The molecule has 0 aliphatic heterocycles. The fourth-order valence-corrected chi connectivity index (χ4v) is 3.60. The van der Waals surface area contributed by atoms with Crippen LogP contribution in [0.25, 0.3) is 11.1 Å². The lowest BCUT2D eigenvalue weighted by atomic mass is 9.87. The summed E-state index contributed by atoms with van der Waals surface area (Å²) in [6, 6.07) is 19.4. The van der Waals surface area contributed by atoms with Gasteiger partial charge < -0.3 is 10.6 Å². The van der Waals surface area contributed by atoms with Gasteiger partial charge in [0.15, 0.2) is 12.0 Å². The summed E-state index contributed by atoms with van der Waals surface area (Å²) < 4.78 is 13.6. The van der Waals surface area contributed by atoms with E-state index in [-0.39, 0.29) is 12.5 Å².